The minimum absolute atomic E-state index is 0.127. The zero-order valence-corrected chi connectivity index (χ0v) is 21.2. The summed E-state index contributed by atoms with van der Waals surface area (Å²) in [6.45, 7) is 7.45. The molecule has 1 fully saturated rings. The average Bonchev–Trinajstić information content (AvgIpc) is 3.25. The maximum absolute atomic E-state index is 13.8. The van der Waals surface area contributed by atoms with Crippen molar-refractivity contribution in [3.8, 4) is 0 Å². The van der Waals surface area contributed by atoms with Crippen LogP contribution in [0.15, 0.2) is 29.4 Å². The monoisotopic (exact) mass is 483 g/mol. The second-order valence-electron chi connectivity index (χ2n) is 10.6. The highest BCUT2D eigenvalue weighted by molar-refractivity contribution is 5.94. The lowest BCUT2D eigenvalue weighted by molar-refractivity contribution is -0.144. The number of rotatable bonds is 7. The maximum Gasteiger partial charge on any atom is 0.246 e. The largest absolute Gasteiger partial charge is 0.347 e. The zero-order valence-electron chi connectivity index (χ0n) is 21.2. The van der Waals surface area contributed by atoms with E-state index < -0.39 is 29.6 Å². The van der Waals surface area contributed by atoms with Gasteiger partial charge in [-0.1, -0.05) is 50.2 Å². The van der Waals surface area contributed by atoms with Crippen LogP contribution < -0.4 is 16.0 Å². The van der Waals surface area contributed by atoms with Crippen LogP contribution in [-0.4, -0.2) is 60.4 Å². The number of amides is 3. The molecule has 1 aliphatic carbocycles. The molecule has 10 nitrogen and oxygen atoms in total. The van der Waals surface area contributed by atoms with Crippen LogP contribution in [0.5, 0.6) is 0 Å². The molecule has 0 bridgehead atoms. The SMILES string of the molecule is CN[C@@H](C)C(=O)NC(C(=O)N1C[C@@H](N=[N+]=[N-])C[C@H]1C(=O)N[C@@H]1CCCc2ccccc21)C(C)(C)C. The van der Waals surface area contributed by atoms with E-state index in [0.29, 0.717) is 0 Å². The van der Waals surface area contributed by atoms with Gasteiger partial charge in [-0.3, -0.25) is 14.4 Å². The van der Waals surface area contributed by atoms with Crippen LogP contribution in [-0.2, 0) is 20.8 Å². The molecule has 1 aromatic rings. The third kappa shape index (κ3) is 6.13. The van der Waals surface area contributed by atoms with E-state index in [-0.39, 0.29) is 36.7 Å². The molecule has 1 saturated heterocycles. The maximum atomic E-state index is 13.8. The van der Waals surface area contributed by atoms with Crippen LogP contribution in [0.4, 0.5) is 0 Å². The van der Waals surface area contributed by atoms with Gasteiger partial charge in [-0.15, -0.1) is 0 Å². The predicted molar refractivity (Wildman–Crippen MR) is 133 cm³/mol. The van der Waals surface area contributed by atoms with Gasteiger partial charge in [0, 0.05) is 11.5 Å². The van der Waals surface area contributed by atoms with E-state index in [9.17, 15) is 14.4 Å². The number of nitrogens with zero attached hydrogens (tertiary/aromatic N) is 4. The summed E-state index contributed by atoms with van der Waals surface area (Å²) in [5.41, 5.74) is 10.7. The first-order chi connectivity index (χ1) is 16.6. The van der Waals surface area contributed by atoms with Gasteiger partial charge in [0.1, 0.15) is 12.1 Å². The lowest BCUT2D eigenvalue weighted by Gasteiger charge is -2.36. The number of aryl methyl sites for hydroxylation is 1. The normalized spacial score (nSPS) is 23.5. The highest BCUT2D eigenvalue weighted by Gasteiger charge is 2.45. The minimum atomic E-state index is -0.846. The fraction of sp³-hybridized carbons (Fsp3) is 0.640. The van der Waals surface area contributed by atoms with Gasteiger partial charge < -0.3 is 20.9 Å². The van der Waals surface area contributed by atoms with E-state index >= 15 is 0 Å². The van der Waals surface area contributed by atoms with Crippen molar-refractivity contribution in [1.29, 1.82) is 0 Å². The van der Waals surface area contributed by atoms with Crippen molar-refractivity contribution in [2.24, 2.45) is 10.5 Å². The van der Waals surface area contributed by atoms with E-state index in [1.807, 2.05) is 39.0 Å². The lowest BCUT2D eigenvalue weighted by atomic mass is 9.85. The van der Waals surface area contributed by atoms with Crippen molar-refractivity contribution in [1.82, 2.24) is 20.9 Å². The number of likely N-dealkylation sites (N-methyl/N-ethyl adjacent to an activating group) is 1. The van der Waals surface area contributed by atoms with Gasteiger partial charge in [0.2, 0.25) is 17.7 Å². The first-order valence-corrected chi connectivity index (χ1v) is 12.3. The molecule has 1 unspecified atom stereocenters. The van der Waals surface area contributed by atoms with E-state index in [4.69, 9.17) is 5.53 Å². The lowest BCUT2D eigenvalue weighted by Crippen LogP contribution is -2.59. The van der Waals surface area contributed by atoms with E-state index in [0.717, 1.165) is 24.8 Å². The number of hydrogen-bond acceptors (Lipinski definition) is 5. The molecule has 1 aliphatic heterocycles. The standard InChI is InChI=1S/C25H37N7O3/c1-15(27-5)22(33)29-21(25(2,3)4)24(35)32-14-17(30-31-26)13-20(32)23(34)28-19-12-8-10-16-9-6-7-11-18(16)19/h6-7,9,11,15,17,19-21,27H,8,10,12-14H2,1-5H3,(H,28,34)(H,29,33)/t15-,17-,19+,20-,21?/m0/s1. The molecule has 3 N–H and O–H groups in total. The Kier molecular flexibility index (Phi) is 8.40. The Balaban J connectivity index is 1.84. The smallest absolute Gasteiger partial charge is 0.246 e. The van der Waals surface area contributed by atoms with Crippen molar-refractivity contribution in [2.75, 3.05) is 13.6 Å². The molecule has 3 amide bonds. The van der Waals surface area contributed by atoms with E-state index in [2.05, 4.69) is 32.0 Å². The third-order valence-electron chi connectivity index (χ3n) is 6.99. The predicted octanol–water partition coefficient (Wildman–Crippen LogP) is 2.60. The Hall–Kier alpha value is -3.10. The van der Waals surface area contributed by atoms with Crippen molar-refractivity contribution < 1.29 is 14.4 Å². The van der Waals surface area contributed by atoms with Crippen molar-refractivity contribution in [3.05, 3.63) is 45.8 Å². The Labute approximate surface area is 206 Å². The van der Waals surface area contributed by atoms with E-state index in [1.54, 1.807) is 14.0 Å². The number of azide groups is 1. The second kappa shape index (κ2) is 11.1. The van der Waals surface area contributed by atoms with Gasteiger partial charge in [0.05, 0.1) is 18.1 Å². The molecule has 0 aromatic heterocycles. The summed E-state index contributed by atoms with van der Waals surface area (Å²) in [6, 6.07) is 5.34. The van der Waals surface area contributed by atoms with Crippen molar-refractivity contribution >= 4 is 17.7 Å². The highest BCUT2D eigenvalue weighted by atomic mass is 16.2. The topological polar surface area (TPSA) is 139 Å². The Morgan fingerprint density at radius 2 is 1.94 bits per heavy atom. The van der Waals surface area contributed by atoms with Crippen LogP contribution >= 0.6 is 0 Å². The average molecular weight is 484 g/mol. The van der Waals surface area contributed by atoms with Crippen LogP contribution in [0.3, 0.4) is 0 Å². The zero-order chi connectivity index (χ0) is 25.8. The highest BCUT2D eigenvalue weighted by Crippen LogP contribution is 2.31. The Bertz CT molecular complexity index is 999. The van der Waals surface area contributed by atoms with Gasteiger partial charge in [0.15, 0.2) is 0 Å². The number of hydrogen-bond donors (Lipinski definition) is 3. The number of nitrogens with one attached hydrogen (secondary N) is 3. The molecule has 1 heterocycles. The number of carbonyl (C=O) groups is 3. The molecule has 2 aliphatic rings. The van der Waals surface area contributed by atoms with Crippen LogP contribution in [0.25, 0.3) is 10.4 Å². The Morgan fingerprint density at radius 3 is 2.60 bits per heavy atom. The van der Waals surface area contributed by atoms with Crippen LogP contribution in [0.2, 0.25) is 0 Å². The molecular weight excluding hydrogens is 446 g/mol. The minimum Gasteiger partial charge on any atom is -0.347 e. The number of benzene rings is 1. The van der Waals surface area contributed by atoms with Gasteiger partial charge in [0.25, 0.3) is 0 Å². The fourth-order valence-corrected chi connectivity index (χ4v) is 4.85. The van der Waals surface area contributed by atoms with Crippen molar-refractivity contribution in [3.63, 3.8) is 0 Å². The van der Waals surface area contributed by atoms with Crippen LogP contribution in [0, 0.1) is 5.41 Å². The van der Waals surface area contributed by atoms with Gasteiger partial charge in [-0.2, -0.15) is 0 Å². The Morgan fingerprint density at radius 1 is 1.23 bits per heavy atom. The molecule has 10 heteroatoms. The van der Waals surface area contributed by atoms with Crippen LogP contribution in [0.1, 0.15) is 64.1 Å². The molecule has 5 atom stereocenters. The summed E-state index contributed by atoms with van der Waals surface area (Å²) in [7, 11) is 1.67. The first-order valence-electron chi connectivity index (χ1n) is 12.3. The molecule has 190 valence electrons. The molecule has 35 heavy (non-hydrogen) atoms. The summed E-state index contributed by atoms with van der Waals surface area (Å²) >= 11 is 0. The molecule has 1 aromatic carbocycles. The van der Waals surface area contributed by atoms with E-state index in [1.165, 1.54) is 10.5 Å². The first kappa shape index (κ1) is 26.5. The van der Waals surface area contributed by atoms with Gasteiger partial charge in [-0.05, 0) is 61.7 Å². The number of fused-ring (bicyclic) bond motifs is 1. The molecule has 0 radical (unpaired) electrons. The molecular formula is C25H37N7O3. The fourth-order valence-electron chi connectivity index (χ4n) is 4.85. The molecule has 0 saturated carbocycles. The second-order valence-corrected chi connectivity index (χ2v) is 10.6. The van der Waals surface area contributed by atoms with Crippen molar-refractivity contribution in [2.45, 2.75) is 83.6 Å². The summed E-state index contributed by atoms with van der Waals surface area (Å²) in [5.74, 6) is -0.918. The number of likely N-dealkylation sites (tertiary alicyclic amines) is 1. The molecule has 3 rings (SSSR count). The summed E-state index contributed by atoms with van der Waals surface area (Å²) in [4.78, 5) is 44.3. The summed E-state index contributed by atoms with van der Waals surface area (Å²) in [5, 5.41) is 12.7. The summed E-state index contributed by atoms with van der Waals surface area (Å²) in [6.07, 6.45) is 3.02. The van der Waals surface area contributed by atoms with Gasteiger partial charge in [-0.25, -0.2) is 0 Å². The summed E-state index contributed by atoms with van der Waals surface area (Å²) < 4.78 is 0. The van der Waals surface area contributed by atoms with Gasteiger partial charge >= 0.3 is 0 Å². The quantitative estimate of drug-likeness (QED) is 0.312. The number of carbonyl (C=O) groups excluding carboxylic acids is 3. The third-order valence-corrected chi connectivity index (χ3v) is 6.99. The molecule has 0 spiro atoms.